The zero-order valence-corrected chi connectivity index (χ0v) is 11.4. The highest BCUT2D eigenvalue weighted by Crippen LogP contribution is 2.17. The average molecular weight is 280 g/mol. The molecule has 0 aromatic carbocycles. The molecular formula is C12H14ClN5O. The maximum atomic E-state index is 12.1. The molecule has 1 amide bonds. The summed E-state index contributed by atoms with van der Waals surface area (Å²) in [6.07, 6.45) is 3.13. The number of nitrogens with zero attached hydrogens (tertiary/aromatic N) is 3. The molecule has 0 aliphatic heterocycles. The van der Waals surface area contributed by atoms with Crippen LogP contribution in [0.3, 0.4) is 0 Å². The molecule has 0 bridgehead atoms. The first-order valence-corrected chi connectivity index (χ1v) is 6.08. The Kier molecular flexibility index (Phi) is 4.01. The normalized spacial score (nSPS) is 10.3. The highest BCUT2D eigenvalue weighted by atomic mass is 35.5. The third-order valence-corrected chi connectivity index (χ3v) is 3.01. The van der Waals surface area contributed by atoms with Crippen molar-refractivity contribution in [3.8, 4) is 0 Å². The van der Waals surface area contributed by atoms with Gasteiger partial charge in [-0.05, 0) is 12.1 Å². The van der Waals surface area contributed by atoms with Gasteiger partial charge in [0.2, 0.25) is 0 Å². The Bertz CT molecular complexity index is 596. The number of aryl methyl sites for hydroxylation is 1. The van der Waals surface area contributed by atoms with Crippen molar-refractivity contribution in [1.82, 2.24) is 20.1 Å². The third kappa shape index (κ3) is 3.03. The van der Waals surface area contributed by atoms with Gasteiger partial charge >= 0.3 is 0 Å². The SMILES string of the molecule is CNc1cc(C(=O)NCc2ccnn2C)c(Cl)cn1. The minimum Gasteiger partial charge on any atom is -0.373 e. The number of hydrogen-bond acceptors (Lipinski definition) is 4. The van der Waals surface area contributed by atoms with Crippen LogP contribution in [0, 0.1) is 0 Å². The molecule has 0 radical (unpaired) electrons. The summed E-state index contributed by atoms with van der Waals surface area (Å²) in [6, 6.07) is 3.45. The van der Waals surface area contributed by atoms with Crippen LogP contribution in [0.15, 0.2) is 24.5 Å². The van der Waals surface area contributed by atoms with Crippen LogP contribution >= 0.6 is 11.6 Å². The monoisotopic (exact) mass is 279 g/mol. The minimum atomic E-state index is -0.245. The van der Waals surface area contributed by atoms with Crippen LogP contribution in [0.5, 0.6) is 0 Å². The second-order valence-electron chi connectivity index (χ2n) is 3.93. The topological polar surface area (TPSA) is 71.8 Å². The summed E-state index contributed by atoms with van der Waals surface area (Å²) in [5.41, 5.74) is 1.30. The van der Waals surface area contributed by atoms with Gasteiger partial charge in [-0.15, -0.1) is 0 Å². The Labute approximate surface area is 115 Å². The molecule has 19 heavy (non-hydrogen) atoms. The van der Waals surface area contributed by atoms with Crippen LogP contribution in [0.2, 0.25) is 5.02 Å². The number of carbonyl (C=O) groups is 1. The second kappa shape index (κ2) is 5.71. The number of hydrogen-bond donors (Lipinski definition) is 2. The zero-order valence-electron chi connectivity index (χ0n) is 10.6. The van der Waals surface area contributed by atoms with Crippen LogP contribution in [-0.4, -0.2) is 27.7 Å². The lowest BCUT2D eigenvalue weighted by molar-refractivity contribution is 0.0950. The van der Waals surface area contributed by atoms with E-state index in [0.717, 1.165) is 5.69 Å². The molecule has 0 aliphatic carbocycles. The summed E-state index contributed by atoms with van der Waals surface area (Å²) in [5.74, 6) is 0.347. The molecule has 2 N–H and O–H groups in total. The van der Waals surface area contributed by atoms with Crippen LogP contribution in [0.4, 0.5) is 5.82 Å². The smallest absolute Gasteiger partial charge is 0.253 e. The van der Waals surface area contributed by atoms with Gasteiger partial charge < -0.3 is 10.6 Å². The van der Waals surface area contributed by atoms with E-state index >= 15 is 0 Å². The molecule has 0 aliphatic rings. The quantitative estimate of drug-likeness (QED) is 0.888. The Hall–Kier alpha value is -2.08. The van der Waals surface area contributed by atoms with E-state index in [1.54, 1.807) is 24.0 Å². The molecule has 7 heteroatoms. The van der Waals surface area contributed by atoms with Gasteiger partial charge in [-0.1, -0.05) is 11.6 Å². The molecule has 100 valence electrons. The lowest BCUT2D eigenvalue weighted by atomic mass is 10.2. The van der Waals surface area contributed by atoms with Crippen molar-refractivity contribution in [3.63, 3.8) is 0 Å². The summed E-state index contributed by atoms with van der Waals surface area (Å²) < 4.78 is 1.70. The number of carbonyl (C=O) groups excluding carboxylic acids is 1. The van der Waals surface area contributed by atoms with Gasteiger partial charge in [0.1, 0.15) is 5.82 Å². The van der Waals surface area contributed by atoms with E-state index in [0.29, 0.717) is 22.9 Å². The third-order valence-electron chi connectivity index (χ3n) is 2.71. The number of halogens is 1. The maximum Gasteiger partial charge on any atom is 0.253 e. The molecule has 2 aromatic rings. The summed E-state index contributed by atoms with van der Waals surface area (Å²) in [5, 5.41) is 10.0. The lowest BCUT2D eigenvalue weighted by Gasteiger charge is -2.08. The fourth-order valence-electron chi connectivity index (χ4n) is 1.59. The molecular weight excluding hydrogens is 266 g/mol. The van der Waals surface area contributed by atoms with Gasteiger partial charge in [-0.25, -0.2) is 4.98 Å². The van der Waals surface area contributed by atoms with E-state index in [2.05, 4.69) is 20.7 Å². The van der Waals surface area contributed by atoms with E-state index in [1.807, 2.05) is 13.1 Å². The van der Waals surface area contributed by atoms with Crippen molar-refractivity contribution in [3.05, 3.63) is 40.8 Å². The number of amides is 1. The summed E-state index contributed by atoms with van der Waals surface area (Å²) in [7, 11) is 3.55. The molecule has 2 rings (SSSR count). The summed E-state index contributed by atoms with van der Waals surface area (Å²) in [4.78, 5) is 16.1. The van der Waals surface area contributed by atoms with Crippen molar-refractivity contribution < 1.29 is 4.79 Å². The van der Waals surface area contributed by atoms with Crippen LogP contribution in [-0.2, 0) is 13.6 Å². The van der Waals surface area contributed by atoms with Gasteiger partial charge in [-0.2, -0.15) is 5.10 Å². The van der Waals surface area contributed by atoms with Crippen molar-refractivity contribution in [2.24, 2.45) is 7.05 Å². The highest BCUT2D eigenvalue weighted by Gasteiger charge is 2.12. The first-order valence-electron chi connectivity index (χ1n) is 5.70. The van der Waals surface area contributed by atoms with Crippen LogP contribution in [0.25, 0.3) is 0 Å². The van der Waals surface area contributed by atoms with Gasteiger partial charge in [0.25, 0.3) is 5.91 Å². The fraction of sp³-hybridized carbons (Fsp3) is 0.250. The van der Waals surface area contributed by atoms with Crippen molar-refractivity contribution >= 4 is 23.3 Å². The van der Waals surface area contributed by atoms with Crippen molar-refractivity contribution in [2.45, 2.75) is 6.54 Å². The predicted octanol–water partition coefficient (Wildman–Crippen LogP) is 1.44. The van der Waals surface area contributed by atoms with E-state index in [4.69, 9.17) is 11.6 Å². The standard InChI is InChI=1S/C12H14ClN5O/c1-14-11-5-9(10(13)7-15-11)12(19)16-6-8-3-4-17-18(8)2/h3-5,7H,6H2,1-2H3,(H,14,15)(H,16,19). The Balaban J connectivity index is 2.10. The first kappa shape index (κ1) is 13.4. The first-order chi connectivity index (χ1) is 9.11. The Morgan fingerprint density at radius 2 is 2.32 bits per heavy atom. The molecule has 0 spiro atoms. The van der Waals surface area contributed by atoms with E-state index in [1.165, 1.54) is 6.20 Å². The van der Waals surface area contributed by atoms with E-state index < -0.39 is 0 Å². The fourth-order valence-corrected chi connectivity index (χ4v) is 1.78. The van der Waals surface area contributed by atoms with Crippen molar-refractivity contribution in [2.75, 3.05) is 12.4 Å². The predicted molar refractivity (Wildman–Crippen MR) is 73.2 cm³/mol. The van der Waals surface area contributed by atoms with E-state index in [9.17, 15) is 4.79 Å². The molecule has 0 saturated carbocycles. The van der Waals surface area contributed by atoms with Gasteiger partial charge in [0.15, 0.2) is 0 Å². The maximum absolute atomic E-state index is 12.1. The summed E-state index contributed by atoms with van der Waals surface area (Å²) in [6.45, 7) is 0.392. The van der Waals surface area contributed by atoms with Gasteiger partial charge in [-0.3, -0.25) is 9.48 Å². The van der Waals surface area contributed by atoms with Crippen molar-refractivity contribution in [1.29, 1.82) is 0 Å². The molecule has 0 fully saturated rings. The number of rotatable bonds is 4. The molecule has 2 aromatic heterocycles. The molecule has 2 heterocycles. The molecule has 6 nitrogen and oxygen atoms in total. The Morgan fingerprint density at radius 3 is 2.95 bits per heavy atom. The average Bonchev–Trinajstić information content (AvgIpc) is 2.82. The largest absolute Gasteiger partial charge is 0.373 e. The number of nitrogens with one attached hydrogen (secondary N) is 2. The number of pyridine rings is 1. The molecule has 0 saturated heterocycles. The van der Waals surface area contributed by atoms with Crippen LogP contribution < -0.4 is 10.6 Å². The lowest BCUT2D eigenvalue weighted by Crippen LogP contribution is -2.24. The molecule has 0 atom stereocenters. The van der Waals surface area contributed by atoms with Gasteiger partial charge in [0, 0.05) is 26.5 Å². The van der Waals surface area contributed by atoms with E-state index in [-0.39, 0.29) is 5.91 Å². The second-order valence-corrected chi connectivity index (χ2v) is 4.34. The number of aromatic nitrogens is 3. The number of anilines is 1. The Morgan fingerprint density at radius 1 is 1.53 bits per heavy atom. The van der Waals surface area contributed by atoms with Crippen LogP contribution in [0.1, 0.15) is 16.1 Å². The molecule has 0 unspecified atom stereocenters. The van der Waals surface area contributed by atoms with Gasteiger partial charge in [0.05, 0.1) is 22.8 Å². The highest BCUT2D eigenvalue weighted by molar-refractivity contribution is 6.33. The zero-order chi connectivity index (χ0) is 13.8. The minimum absolute atomic E-state index is 0.245. The summed E-state index contributed by atoms with van der Waals surface area (Å²) >= 11 is 5.97.